The highest BCUT2D eigenvalue weighted by atomic mass is 19.1. The van der Waals surface area contributed by atoms with Crippen molar-refractivity contribution in [1.29, 1.82) is 0 Å². The van der Waals surface area contributed by atoms with Gasteiger partial charge in [-0.2, -0.15) is 5.10 Å². The van der Waals surface area contributed by atoms with Gasteiger partial charge in [-0.15, -0.1) is 0 Å². The molecular formula is C21H21FN4O2. The zero-order valence-corrected chi connectivity index (χ0v) is 15.5. The molecule has 0 saturated carbocycles. The number of halogens is 1. The fourth-order valence-electron chi connectivity index (χ4n) is 3.24. The van der Waals surface area contributed by atoms with Gasteiger partial charge < -0.3 is 10.1 Å². The molecule has 0 spiro atoms. The first-order valence-corrected chi connectivity index (χ1v) is 9.23. The summed E-state index contributed by atoms with van der Waals surface area (Å²) in [5.41, 5.74) is 2.96. The third-order valence-electron chi connectivity index (χ3n) is 4.61. The van der Waals surface area contributed by atoms with Gasteiger partial charge in [0.05, 0.1) is 18.8 Å². The van der Waals surface area contributed by atoms with Crippen LogP contribution >= 0.6 is 0 Å². The Morgan fingerprint density at radius 1 is 1.25 bits per heavy atom. The third kappa shape index (κ3) is 3.75. The van der Waals surface area contributed by atoms with Crippen molar-refractivity contribution in [3.63, 3.8) is 0 Å². The summed E-state index contributed by atoms with van der Waals surface area (Å²) in [6, 6.07) is 15.7. The third-order valence-corrected chi connectivity index (χ3v) is 4.61. The molecule has 1 aromatic heterocycles. The maximum atomic E-state index is 13.2. The molecule has 144 valence electrons. The van der Waals surface area contributed by atoms with Crippen molar-refractivity contribution < 1.29 is 13.9 Å². The Labute approximate surface area is 162 Å². The number of rotatable bonds is 6. The molecule has 2 heterocycles. The zero-order chi connectivity index (χ0) is 19.5. The van der Waals surface area contributed by atoms with Gasteiger partial charge in [-0.05, 0) is 55.0 Å². The van der Waals surface area contributed by atoms with Crippen molar-refractivity contribution in [2.75, 3.05) is 13.2 Å². The molecule has 0 radical (unpaired) electrons. The lowest BCUT2D eigenvalue weighted by Crippen LogP contribution is -2.45. The average molecular weight is 380 g/mol. The van der Waals surface area contributed by atoms with Crippen LogP contribution in [-0.4, -0.2) is 28.8 Å². The molecule has 6 nitrogen and oxygen atoms in total. The summed E-state index contributed by atoms with van der Waals surface area (Å²) in [6.45, 7) is 3.61. The topological polar surface area (TPSA) is 68.2 Å². The van der Waals surface area contributed by atoms with Crippen molar-refractivity contribution in [3.05, 3.63) is 71.7 Å². The van der Waals surface area contributed by atoms with Gasteiger partial charge in [0.2, 0.25) is 0 Å². The number of carbonyl (C=O) groups is 1. The van der Waals surface area contributed by atoms with Gasteiger partial charge in [-0.3, -0.25) is 10.1 Å². The first kappa shape index (κ1) is 18.2. The van der Waals surface area contributed by atoms with Crippen molar-refractivity contribution in [3.8, 4) is 17.0 Å². The van der Waals surface area contributed by atoms with Gasteiger partial charge in [0.15, 0.2) is 0 Å². The molecular weight excluding hydrogens is 359 g/mol. The molecule has 0 aliphatic carbocycles. The van der Waals surface area contributed by atoms with E-state index in [4.69, 9.17) is 4.74 Å². The monoisotopic (exact) mass is 380 g/mol. The Bertz CT molecular complexity index is 984. The smallest absolute Gasteiger partial charge is 0.269 e. The summed E-state index contributed by atoms with van der Waals surface area (Å²) in [5.74, 6) is 0.355. The van der Waals surface area contributed by atoms with Crippen LogP contribution in [0.5, 0.6) is 5.75 Å². The quantitative estimate of drug-likeness (QED) is 0.690. The Hall–Kier alpha value is -3.19. The van der Waals surface area contributed by atoms with E-state index in [2.05, 4.69) is 15.7 Å². The number of nitrogens with zero attached hydrogens (tertiary/aromatic N) is 2. The van der Waals surface area contributed by atoms with E-state index in [1.165, 1.54) is 12.1 Å². The van der Waals surface area contributed by atoms with Crippen LogP contribution in [0.25, 0.3) is 11.3 Å². The first-order chi connectivity index (χ1) is 13.6. The Kier molecular flexibility index (Phi) is 5.08. The molecule has 4 rings (SSSR count). The van der Waals surface area contributed by atoms with E-state index in [1.807, 2.05) is 31.2 Å². The van der Waals surface area contributed by atoms with E-state index in [1.54, 1.807) is 22.9 Å². The average Bonchev–Trinajstić information content (AvgIpc) is 3.15. The number of hydrogen-bond donors (Lipinski definition) is 2. The lowest BCUT2D eigenvalue weighted by molar-refractivity contribution is 0.0900. The van der Waals surface area contributed by atoms with Crippen molar-refractivity contribution in [2.45, 2.75) is 19.6 Å². The van der Waals surface area contributed by atoms with Gasteiger partial charge in [0, 0.05) is 12.1 Å². The first-order valence-electron chi connectivity index (χ1n) is 9.23. The minimum atomic E-state index is -0.306. The second-order valence-electron chi connectivity index (χ2n) is 6.55. The maximum absolute atomic E-state index is 13.2. The molecule has 2 N–H and O–H groups in total. The predicted octanol–water partition coefficient (Wildman–Crippen LogP) is 3.12. The lowest BCUT2D eigenvalue weighted by Gasteiger charge is -2.26. The summed E-state index contributed by atoms with van der Waals surface area (Å²) in [4.78, 5) is 12.2. The number of hydrogen-bond acceptors (Lipinski definition) is 4. The molecule has 0 bridgehead atoms. The molecule has 0 unspecified atom stereocenters. The van der Waals surface area contributed by atoms with Crippen LogP contribution in [0.3, 0.4) is 0 Å². The lowest BCUT2D eigenvalue weighted by atomic mass is 10.1. The number of fused-ring (bicyclic) bond motifs is 1. The van der Waals surface area contributed by atoms with Gasteiger partial charge in [-0.1, -0.05) is 12.1 Å². The SMILES string of the molecule is CCOc1cccc(CN[C@@H]2CNC(=O)c3cc(-c4ccc(F)cc4)nn32)c1. The summed E-state index contributed by atoms with van der Waals surface area (Å²) >= 11 is 0. The highest BCUT2D eigenvalue weighted by Crippen LogP contribution is 2.23. The molecule has 1 aliphatic rings. The Morgan fingerprint density at radius 2 is 2.07 bits per heavy atom. The summed E-state index contributed by atoms with van der Waals surface area (Å²) in [5, 5.41) is 10.9. The highest BCUT2D eigenvalue weighted by molar-refractivity contribution is 5.94. The normalized spacial score (nSPS) is 15.8. The molecule has 7 heteroatoms. The van der Waals surface area contributed by atoms with Gasteiger partial charge in [0.25, 0.3) is 5.91 Å². The fraction of sp³-hybridized carbons (Fsp3) is 0.238. The van der Waals surface area contributed by atoms with E-state index in [0.29, 0.717) is 31.1 Å². The molecule has 1 atom stereocenters. The molecule has 1 amide bonds. The number of carbonyl (C=O) groups excluding carboxylic acids is 1. The highest BCUT2D eigenvalue weighted by Gasteiger charge is 2.27. The van der Waals surface area contributed by atoms with Crippen molar-refractivity contribution in [1.82, 2.24) is 20.4 Å². The molecule has 28 heavy (non-hydrogen) atoms. The van der Waals surface area contributed by atoms with Gasteiger partial charge in [-0.25, -0.2) is 9.07 Å². The number of benzene rings is 2. The largest absolute Gasteiger partial charge is 0.494 e. The van der Waals surface area contributed by atoms with Crippen LogP contribution in [0.2, 0.25) is 0 Å². The number of amides is 1. The van der Waals surface area contributed by atoms with Crippen molar-refractivity contribution >= 4 is 5.91 Å². The summed E-state index contributed by atoms with van der Waals surface area (Å²) in [6.07, 6.45) is -0.183. The number of ether oxygens (including phenoxy) is 1. The van der Waals surface area contributed by atoms with E-state index >= 15 is 0 Å². The molecule has 3 aromatic rings. The minimum Gasteiger partial charge on any atom is -0.494 e. The zero-order valence-electron chi connectivity index (χ0n) is 15.5. The van der Waals surface area contributed by atoms with Crippen LogP contribution in [0.15, 0.2) is 54.6 Å². The minimum absolute atomic E-state index is 0.169. The van der Waals surface area contributed by atoms with Crippen LogP contribution in [0.4, 0.5) is 4.39 Å². The van der Waals surface area contributed by atoms with Crippen LogP contribution in [0, 0.1) is 5.82 Å². The van der Waals surface area contributed by atoms with Crippen LogP contribution in [0.1, 0.15) is 29.1 Å². The van der Waals surface area contributed by atoms with Gasteiger partial charge in [0.1, 0.15) is 23.4 Å². The molecule has 0 saturated heterocycles. The second-order valence-corrected chi connectivity index (χ2v) is 6.55. The van der Waals surface area contributed by atoms with Crippen LogP contribution in [-0.2, 0) is 6.54 Å². The number of aromatic nitrogens is 2. The van der Waals surface area contributed by atoms with Crippen molar-refractivity contribution in [2.24, 2.45) is 0 Å². The van der Waals surface area contributed by atoms with Gasteiger partial charge >= 0.3 is 0 Å². The fourth-order valence-corrected chi connectivity index (χ4v) is 3.24. The molecule has 2 aromatic carbocycles. The number of nitrogens with one attached hydrogen (secondary N) is 2. The summed E-state index contributed by atoms with van der Waals surface area (Å²) in [7, 11) is 0. The van der Waals surface area contributed by atoms with E-state index in [-0.39, 0.29) is 17.9 Å². The van der Waals surface area contributed by atoms with E-state index in [0.717, 1.165) is 16.9 Å². The maximum Gasteiger partial charge on any atom is 0.269 e. The molecule has 0 fully saturated rings. The molecule has 1 aliphatic heterocycles. The van der Waals surface area contributed by atoms with E-state index in [9.17, 15) is 9.18 Å². The predicted molar refractivity (Wildman–Crippen MR) is 103 cm³/mol. The standard InChI is InChI=1S/C21H21FN4O2/c1-2-28-17-5-3-4-14(10-17)12-23-20-13-24-21(27)19-11-18(25-26(19)20)15-6-8-16(22)9-7-15/h3-11,20,23H,2,12-13H2,1H3,(H,24,27)/t20-/m0/s1. The Balaban J connectivity index is 1.54. The summed E-state index contributed by atoms with van der Waals surface area (Å²) < 4.78 is 20.4. The second kappa shape index (κ2) is 7.82. The van der Waals surface area contributed by atoms with Crippen LogP contribution < -0.4 is 15.4 Å². The Morgan fingerprint density at radius 3 is 2.86 bits per heavy atom. The van der Waals surface area contributed by atoms with E-state index < -0.39 is 0 Å².